The highest BCUT2D eigenvalue weighted by atomic mass is 32.2. The van der Waals surface area contributed by atoms with Gasteiger partial charge in [-0.3, -0.25) is 9.59 Å². The molecule has 0 saturated heterocycles. The maximum absolute atomic E-state index is 12.2. The van der Waals surface area contributed by atoms with Crippen LogP contribution in [-0.2, 0) is 10.5 Å². The molecule has 0 saturated carbocycles. The second-order valence-electron chi connectivity index (χ2n) is 6.79. The standard InChI is InChI=1S/C19H22N4O2S2/c1-11(2)18-22-23-17(25)8-15(21-19(23)27-18)9-26-10-16(24)20-14-6-12(3)5-13(4)7-14/h5-8,11H,9-10H2,1-4H3,(H,20,24). The first kappa shape index (κ1) is 19.6. The zero-order valence-corrected chi connectivity index (χ0v) is 17.4. The van der Waals surface area contributed by atoms with Crippen LogP contribution in [0.4, 0.5) is 5.69 Å². The molecule has 3 rings (SSSR count). The second-order valence-corrected chi connectivity index (χ2v) is 8.77. The molecule has 142 valence electrons. The third-order valence-electron chi connectivity index (χ3n) is 3.80. The van der Waals surface area contributed by atoms with Gasteiger partial charge in [-0.05, 0) is 37.1 Å². The summed E-state index contributed by atoms with van der Waals surface area (Å²) in [7, 11) is 0. The van der Waals surface area contributed by atoms with Crippen molar-refractivity contribution in [3.8, 4) is 0 Å². The molecule has 0 bridgehead atoms. The minimum atomic E-state index is -0.182. The number of aromatic nitrogens is 3. The fourth-order valence-electron chi connectivity index (χ4n) is 2.67. The van der Waals surface area contributed by atoms with E-state index >= 15 is 0 Å². The number of anilines is 1. The van der Waals surface area contributed by atoms with Crippen molar-refractivity contribution in [1.82, 2.24) is 14.6 Å². The van der Waals surface area contributed by atoms with Crippen molar-refractivity contribution in [2.24, 2.45) is 0 Å². The minimum absolute atomic E-state index is 0.0670. The van der Waals surface area contributed by atoms with Crippen molar-refractivity contribution in [2.75, 3.05) is 11.1 Å². The van der Waals surface area contributed by atoms with Crippen molar-refractivity contribution in [2.45, 2.75) is 39.4 Å². The van der Waals surface area contributed by atoms with Gasteiger partial charge >= 0.3 is 0 Å². The van der Waals surface area contributed by atoms with Crippen LogP contribution in [0, 0.1) is 13.8 Å². The molecule has 27 heavy (non-hydrogen) atoms. The molecule has 0 radical (unpaired) electrons. The van der Waals surface area contributed by atoms with Gasteiger partial charge in [-0.2, -0.15) is 9.61 Å². The Bertz CT molecular complexity index is 1020. The van der Waals surface area contributed by atoms with Crippen LogP contribution in [0.2, 0.25) is 0 Å². The third kappa shape index (κ3) is 4.95. The average Bonchev–Trinajstić information content (AvgIpc) is 2.99. The molecular formula is C19H22N4O2S2. The first-order valence-corrected chi connectivity index (χ1v) is 10.6. The highest BCUT2D eigenvalue weighted by Crippen LogP contribution is 2.21. The summed E-state index contributed by atoms with van der Waals surface area (Å²) in [5.74, 6) is 0.986. The van der Waals surface area contributed by atoms with E-state index in [2.05, 4.69) is 21.5 Å². The number of hydrogen-bond donors (Lipinski definition) is 1. The first-order chi connectivity index (χ1) is 12.8. The third-order valence-corrected chi connectivity index (χ3v) is 5.97. The molecule has 6 nitrogen and oxygen atoms in total. The summed E-state index contributed by atoms with van der Waals surface area (Å²) >= 11 is 2.86. The smallest absolute Gasteiger partial charge is 0.275 e. The van der Waals surface area contributed by atoms with Crippen LogP contribution in [0.15, 0.2) is 29.1 Å². The molecule has 0 spiro atoms. The zero-order chi connectivity index (χ0) is 19.6. The number of hydrogen-bond acceptors (Lipinski definition) is 6. The molecular weight excluding hydrogens is 380 g/mol. The molecule has 0 aliphatic heterocycles. The molecule has 2 heterocycles. The Labute approximate surface area is 166 Å². The van der Waals surface area contributed by atoms with Crippen molar-refractivity contribution in [1.29, 1.82) is 0 Å². The maximum atomic E-state index is 12.2. The normalized spacial score (nSPS) is 11.3. The van der Waals surface area contributed by atoms with Crippen LogP contribution < -0.4 is 10.9 Å². The molecule has 0 aliphatic rings. The van der Waals surface area contributed by atoms with Gasteiger partial charge in [-0.25, -0.2) is 4.98 Å². The largest absolute Gasteiger partial charge is 0.325 e. The summed E-state index contributed by atoms with van der Waals surface area (Å²) in [5.41, 5.74) is 3.52. The number of nitrogens with zero attached hydrogens (tertiary/aromatic N) is 3. The van der Waals surface area contributed by atoms with Crippen LogP contribution in [0.3, 0.4) is 0 Å². The quantitative estimate of drug-likeness (QED) is 0.679. The molecule has 0 unspecified atom stereocenters. The van der Waals surface area contributed by atoms with Crippen LogP contribution in [0.25, 0.3) is 4.96 Å². The molecule has 0 aliphatic carbocycles. The minimum Gasteiger partial charge on any atom is -0.325 e. The molecule has 2 aromatic heterocycles. The number of thioether (sulfide) groups is 1. The van der Waals surface area contributed by atoms with Crippen LogP contribution >= 0.6 is 23.1 Å². The fourth-order valence-corrected chi connectivity index (χ4v) is 4.31. The number of carbonyl (C=O) groups is 1. The molecule has 1 N–H and O–H groups in total. The monoisotopic (exact) mass is 402 g/mol. The van der Waals surface area contributed by atoms with Gasteiger partial charge in [0.05, 0.1) is 11.4 Å². The van der Waals surface area contributed by atoms with Gasteiger partial charge < -0.3 is 5.32 Å². The van der Waals surface area contributed by atoms with Gasteiger partial charge in [0.2, 0.25) is 10.9 Å². The van der Waals surface area contributed by atoms with Gasteiger partial charge in [-0.1, -0.05) is 31.3 Å². The van der Waals surface area contributed by atoms with E-state index in [-0.39, 0.29) is 17.4 Å². The lowest BCUT2D eigenvalue weighted by molar-refractivity contribution is -0.113. The number of nitrogens with one attached hydrogen (secondary N) is 1. The van der Waals surface area contributed by atoms with Crippen molar-refractivity contribution < 1.29 is 4.79 Å². The SMILES string of the molecule is Cc1cc(C)cc(NC(=O)CSCc2cc(=O)n3nc(C(C)C)sc3n2)c1. The molecule has 3 aromatic rings. The summed E-state index contributed by atoms with van der Waals surface area (Å²) in [4.78, 5) is 29.5. The zero-order valence-electron chi connectivity index (χ0n) is 15.8. The van der Waals surface area contributed by atoms with E-state index in [9.17, 15) is 9.59 Å². The summed E-state index contributed by atoms with van der Waals surface area (Å²) in [6, 6.07) is 7.45. The lowest BCUT2D eigenvalue weighted by Gasteiger charge is -2.07. The lowest BCUT2D eigenvalue weighted by atomic mass is 10.1. The number of aryl methyl sites for hydroxylation is 2. The predicted octanol–water partition coefficient (Wildman–Crippen LogP) is 3.76. The van der Waals surface area contributed by atoms with Crippen molar-refractivity contribution in [3.05, 3.63) is 56.4 Å². The Morgan fingerprint density at radius 3 is 2.59 bits per heavy atom. The Balaban J connectivity index is 1.61. The topological polar surface area (TPSA) is 76.4 Å². The van der Waals surface area contributed by atoms with Gasteiger partial charge in [0.1, 0.15) is 5.01 Å². The van der Waals surface area contributed by atoms with Crippen LogP contribution in [0.5, 0.6) is 0 Å². The number of carbonyl (C=O) groups excluding carboxylic acids is 1. The highest BCUT2D eigenvalue weighted by molar-refractivity contribution is 7.99. The number of amides is 1. The van der Waals surface area contributed by atoms with Gasteiger partial charge in [-0.15, -0.1) is 11.8 Å². The van der Waals surface area contributed by atoms with E-state index in [1.807, 2.05) is 39.8 Å². The van der Waals surface area contributed by atoms with E-state index < -0.39 is 0 Å². The first-order valence-electron chi connectivity index (χ1n) is 8.67. The number of fused-ring (bicyclic) bond motifs is 1. The fraction of sp³-hybridized carbons (Fsp3) is 0.368. The predicted molar refractivity (Wildman–Crippen MR) is 112 cm³/mol. The van der Waals surface area contributed by atoms with Gasteiger partial charge in [0.25, 0.3) is 5.56 Å². The Hall–Kier alpha value is -2.19. The summed E-state index contributed by atoms with van der Waals surface area (Å²) in [5, 5.41) is 8.11. The Morgan fingerprint density at radius 1 is 1.22 bits per heavy atom. The van der Waals surface area contributed by atoms with E-state index in [4.69, 9.17) is 0 Å². The van der Waals surface area contributed by atoms with E-state index in [0.717, 1.165) is 21.8 Å². The molecule has 0 atom stereocenters. The summed E-state index contributed by atoms with van der Waals surface area (Å²) in [6.07, 6.45) is 0. The second kappa shape index (κ2) is 8.22. The van der Waals surface area contributed by atoms with Crippen molar-refractivity contribution in [3.63, 3.8) is 0 Å². The summed E-state index contributed by atoms with van der Waals surface area (Å²) < 4.78 is 1.35. The van der Waals surface area contributed by atoms with Gasteiger partial charge in [0.15, 0.2) is 0 Å². The average molecular weight is 403 g/mol. The van der Waals surface area contributed by atoms with Gasteiger partial charge in [0, 0.05) is 23.4 Å². The maximum Gasteiger partial charge on any atom is 0.275 e. The van der Waals surface area contributed by atoms with Crippen LogP contribution in [-0.4, -0.2) is 26.3 Å². The number of benzene rings is 1. The Morgan fingerprint density at radius 2 is 1.93 bits per heavy atom. The molecule has 8 heteroatoms. The van der Waals surface area contributed by atoms with E-state index in [1.54, 1.807) is 0 Å². The summed E-state index contributed by atoms with van der Waals surface area (Å²) in [6.45, 7) is 8.07. The van der Waals surface area contributed by atoms with E-state index in [0.29, 0.717) is 22.2 Å². The molecule has 0 fully saturated rings. The Kier molecular flexibility index (Phi) is 5.96. The highest BCUT2D eigenvalue weighted by Gasteiger charge is 2.12. The molecule has 1 aromatic carbocycles. The lowest BCUT2D eigenvalue weighted by Crippen LogP contribution is -2.16. The number of rotatable bonds is 6. The van der Waals surface area contributed by atoms with E-state index in [1.165, 1.54) is 33.7 Å². The molecule has 1 amide bonds. The van der Waals surface area contributed by atoms with Crippen LogP contribution in [0.1, 0.15) is 41.6 Å². The van der Waals surface area contributed by atoms with Crippen molar-refractivity contribution >= 4 is 39.7 Å².